The first kappa shape index (κ1) is 45.9. The number of nitrogens with zero attached hydrogens (tertiary/aromatic N) is 4. The Labute approximate surface area is 374 Å². The van der Waals surface area contributed by atoms with E-state index in [1.165, 1.54) is 24.5 Å². The molecule has 4 aromatic rings. The van der Waals surface area contributed by atoms with Crippen LogP contribution in [0.15, 0.2) is 53.3 Å². The van der Waals surface area contributed by atoms with E-state index in [1.807, 2.05) is 6.07 Å². The maximum absolute atomic E-state index is 14.1. The van der Waals surface area contributed by atoms with Gasteiger partial charge < -0.3 is 29.1 Å². The highest BCUT2D eigenvalue weighted by Crippen LogP contribution is 2.39. The molecule has 342 valence electrons. The number of amides is 1. The Morgan fingerprint density at radius 1 is 0.754 bits per heavy atom. The van der Waals surface area contributed by atoms with Crippen molar-refractivity contribution in [2.75, 3.05) is 23.7 Å². The van der Waals surface area contributed by atoms with Gasteiger partial charge in [0.15, 0.2) is 31.2 Å². The molecule has 3 aliphatic rings. The van der Waals surface area contributed by atoms with Gasteiger partial charge in [0.05, 0.1) is 44.6 Å². The van der Waals surface area contributed by atoms with Crippen LogP contribution in [0.5, 0.6) is 0 Å². The van der Waals surface area contributed by atoms with Crippen molar-refractivity contribution in [2.24, 2.45) is 10.8 Å². The van der Waals surface area contributed by atoms with Crippen LogP contribution in [0, 0.1) is 10.8 Å². The minimum absolute atomic E-state index is 0.0305. The first-order valence-electron chi connectivity index (χ1n) is 21.2. The van der Waals surface area contributed by atoms with Gasteiger partial charge in [-0.15, -0.1) is 0 Å². The summed E-state index contributed by atoms with van der Waals surface area (Å²) in [7, 11) is 0. The second-order valence-electron chi connectivity index (χ2n) is 18.3. The van der Waals surface area contributed by atoms with E-state index in [0.717, 1.165) is 21.1 Å². The molecule has 0 saturated heterocycles. The number of Topliss-reactive ketones (excluding diaryl/α,β-unsaturated/α-hetero) is 1. The lowest BCUT2D eigenvalue weighted by molar-refractivity contribution is -0.160. The average molecular weight is 894 g/mol. The third kappa shape index (κ3) is 9.71. The van der Waals surface area contributed by atoms with E-state index >= 15 is 0 Å². The summed E-state index contributed by atoms with van der Waals surface area (Å²) in [5, 5.41) is 4.92. The molecule has 0 radical (unpaired) electrons. The molecule has 65 heavy (non-hydrogen) atoms. The average Bonchev–Trinajstić information content (AvgIpc) is 3.81. The lowest BCUT2D eigenvalue weighted by Gasteiger charge is -2.43. The summed E-state index contributed by atoms with van der Waals surface area (Å²) >= 11 is 0. The molecule has 1 N–H and O–H groups in total. The lowest BCUT2D eigenvalue weighted by Crippen LogP contribution is -2.59. The number of hydroxylamine groups is 1. The van der Waals surface area contributed by atoms with Crippen LogP contribution in [0.2, 0.25) is 0 Å². The van der Waals surface area contributed by atoms with Crippen LogP contribution in [-0.2, 0) is 69.1 Å². The number of ether oxygens (including phenoxy) is 4. The minimum atomic E-state index is -1.26. The van der Waals surface area contributed by atoms with Crippen molar-refractivity contribution < 1.29 is 57.3 Å². The molecule has 7 rings (SSSR count). The van der Waals surface area contributed by atoms with Crippen LogP contribution >= 0.6 is 0 Å². The second-order valence-corrected chi connectivity index (χ2v) is 18.3. The van der Waals surface area contributed by atoms with E-state index in [-0.39, 0.29) is 52.9 Å². The molecule has 0 fully saturated rings. The summed E-state index contributed by atoms with van der Waals surface area (Å²) in [6.45, 7) is 10.7. The molecule has 1 aromatic heterocycles. The Morgan fingerprint density at radius 3 is 2.06 bits per heavy atom. The summed E-state index contributed by atoms with van der Waals surface area (Å²) in [6.07, 6.45) is 0.729. The third-order valence-corrected chi connectivity index (χ3v) is 11.2. The largest absolute Gasteiger partial charge is 0.462 e. The van der Waals surface area contributed by atoms with Gasteiger partial charge in [-0.3, -0.25) is 43.0 Å². The maximum atomic E-state index is 14.1. The van der Waals surface area contributed by atoms with Gasteiger partial charge in [0.1, 0.15) is 13.2 Å². The standard InChI is InChI=1S/C47H51N5O13/c1-25(53)61-21-39-49-36-17-28-11-15-35(31(28)19-33(36)41(56)50(39)23-63-44(59)46(3,4)5)48-30-13-9-27(10-14-30)43(58)65-52-37-18-29-12-16-38(55)32(29)20-34(37)42(57)51(40(52)22-62-26(2)54)24-64-45(60)47(6,7)8/h9-10,13-14,17-20,35,40,48H,11-12,15-16,21-24H2,1-8H3. The number of carbonyl (C=O) groups excluding carboxylic acids is 7. The van der Waals surface area contributed by atoms with Gasteiger partial charge >= 0.3 is 29.8 Å². The van der Waals surface area contributed by atoms with Gasteiger partial charge in [-0.05, 0) is 126 Å². The van der Waals surface area contributed by atoms with Crippen molar-refractivity contribution in [2.45, 2.75) is 107 Å². The van der Waals surface area contributed by atoms with Crippen molar-refractivity contribution in [3.8, 4) is 0 Å². The summed E-state index contributed by atoms with van der Waals surface area (Å²) in [4.78, 5) is 116. The second kappa shape index (κ2) is 17.8. The quantitative estimate of drug-likeness (QED) is 0.133. The summed E-state index contributed by atoms with van der Waals surface area (Å²) in [6, 6.07) is 12.9. The van der Waals surface area contributed by atoms with Gasteiger partial charge in [0.2, 0.25) is 0 Å². The SMILES string of the molecule is CC(=O)OCc1nc2cc3c(cc2c(=O)n1COC(=O)C(C)(C)C)C(Nc1ccc(C(=O)ON2c4cc5c(cc4C(=O)N(COC(=O)C(C)(C)C)C2COC(C)=O)C(=O)CC5)cc1)CC3. The van der Waals surface area contributed by atoms with Crippen LogP contribution in [0.4, 0.5) is 11.4 Å². The van der Waals surface area contributed by atoms with Crippen molar-refractivity contribution in [3.05, 3.63) is 98.1 Å². The Morgan fingerprint density at radius 2 is 1.42 bits per heavy atom. The number of anilines is 2. The number of hydrogen-bond donors (Lipinski definition) is 1. The number of nitrogens with one attached hydrogen (secondary N) is 1. The van der Waals surface area contributed by atoms with E-state index in [0.29, 0.717) is 41.6 Å². The molecule has 2 unspecified atom stereocenters. The number of benzene rings is 3. The predicted molar refractivity (Wildman–Crippen MR) is 232 cm³/mol. The normalized spacial score (nSPS) is 16.7. The first-order chi connectivity index (χ1) is 30.6. The lowest BCUT2D eigenvalue weighted by atomic mass is 9.97. The summed E-state index contributed by atoms with van der Waals surface area (Å²) in [5.74, 6) is -3.83. The van der Waals surface area contributed by atoms with E-state index in [2.05, 4.69) is 10.3 Å². The fourth-order valence-electron chi connectivity index (χ4n) is 7.68. The van der Waals surface area contributed by atoms with Gasteiger partial charge in [-0.25, -0.2) is 9.78 Å². The van der Waals surface area contributed by atoms with Gasteiger partial charge in [0, 0.05) is 31.5 Å². The number of hydrogen-bond acceptors (Lipinski definition) is 16. The highest BCUT2D eigenvalue weighted by atomic mass is 16.7. The summed E-state index contributed by atoms with van der Waals surface area (Å²) < 4.78 is 22.7. The number of ketones is 1. The zero-order valence-electron chi connectivity index (χ0n) is 37.5. The number of carbonyl (C=O) groups is 7. The molecule has 0 spiro atoms. The zero-order chi connectivity index (χ0) is 47.1. The van der Waals surface area contributed by atoms with Crippen molar-refractivity contribution in [1.82, 2.24) is 14.5 Å². The maximum Gasteiger partial charge on any atom is 0.363 e. The highest BCUT2D eigenvalue weighted by molar-refractivity contribution is 6.08. The van der Waals surface area contributed by atoms with Crippen molar-refractivity contribution in [3.63, 3.8) is 0 Å². The molecule has 2 heterocycles. The van der Waals surface area contributed by atoms with Crippen LogP contribution < -0.4 is 15.9 Å². The molecule has 0 saturated carbocycles. The first-order valence-corrected chi connectivity index (χ1v) is 21.2. The Hall–Kier alpha value is -7.11. The van der Waals surface area contributed by atoms with Crippen LogP contribution in [-0.4, -0.2) is 75.5 Å². The van der Waals surface area contributed by atoms with Crippen LogP contribution in [0.1, 0.15) is 128 Å². The number of aryl methyl sites for hydroxylation is 2. The fourth-order valence-corrected chi connectivity index (χ4v) is 7.68. The molecular formula is C47H51N5O13. The van der Waals surface area contributed by atoms with E-state index < -0.39 is 78.4 Å². The molecule has 3 aromatic carbocycles. The molecule has 1 amide bonds. The number of esters is 4. The Kier molecular flexibility index (Phi) is 12.6. The van der Waals surface area contributed by atoms with Gasteiger partial charge in [0.25, 0.3) is 11.5 Å². The summed E-state index contributed by atoms with van der Waals surface area (Å²) in [5.41, 5.74) is 2.01. The van der Waals surface area contributed by atoms with Gasteiger partial charge in [-0.1, -0.05) is 0 Å². The van der Waals surface area contributed by atoms with Crippen molar-refractivity contribution >= 4 is 63.8 Å². The number of rotatable bonds is 12. The Bertz CT molecular complexity index is 2690. The van der Waals surface area contributed by atoms with Crippen LogP contribution in [0.3, 0.4) is 0 Å². The smallest absolute Gasteiger partial charge is 0.363 e. The molecule has 2 aliphatic carbocycles. The Balaban J connectivity index is 1.14. The fraction of sp³-hybridized carbons (Fsp3) is 0.426. The monoisotopic (exact) mass is 893 g/mol. The molecule has 1 aliphatic heterocycles. The van der Waals surface area contributed by atoms with E-state index in [1.54, 1.807) is 77.9 Å². The zero-order valence-corrected chi connectivity index (χ0v) is 37.5. The minimum Gasteiger partial charge on any atom is -0.462 e. The molecule has 18 nitrogen and oxygen atoms in total. The topological polar surface area (TPSA) is 219 Å². The van der Waals surface area contributed by atoms with Gasteiger partial charge in [-0.2, -0.15) is 5.06 Å². The van der Waals surface area contributed by atoms with E-state index in [9.17, 15) is 38.4 Å². The van der Waals surface area contributed by atoms with Crippen LogP contribution in [0.25, 0.3) is 10.9 Å². The van der Waals surface area contributed by atoms with E-state index in [4.69, 9.17) is 23.8 Å². The molecule has 18 heteroatoms. The number of fused-ring (bicyclic) bond motifs is 4. The highest BCUT2D eigenvalue weighted by Gasteiger charge is 2.43. The molecular weight excluding hydrogens is 843 g/mol. The molecule has 0 bridgehead atoms. The number of aromatic nitrogens is 2. The third-order valence-electron chi connectivity index (χ3n) is 11.2. The van der Waals surface area contributed by atoms with Crippen molar-refractivity contribution in [1.29, 1.82) is 0 Å². The molecule has 2 atom stereocenters. The predicted octanol–water partition coefficient (Wildman–Crippen LogP) is 5.70.